The Kier molecular flexibility index (Phi) is 5.30. The summed E-state index contributed by atoms with van der Waals surface area (Å²) in [5, 5.41) is 7.52. The number of nitrogens with one attached hydrogen (secondary N) is 1. The number of para-hydroxylation sites is 1. The Morgan fingerprint density at radius 2 is 1.93 bits per heavy atom. The van der Waals surface area contributed by atoms with Crippen molar-refractivity contribution in [2.24, 2.45) is 13.0 Å². The molecule has 1 fully saturated rings. The molecule has 1 amide bonds. The van der Waals surface area contributed by atoms with E-state index in [4.69, 9.17) is 9.84 Å². The van der Waals surface area contributed by atoms with Crippen molar-refractivity contribution >= 4 is 11.6 Å². The first kappa shape index (κ1) is 20.1. The summed E-state index contributed by atoms with van der Waals surface area (Å²) in [6.45, 7) is 6.31. The third kappa shape index (κ3) is 3.57. The number of carbonyl (C=O) groups is 1. The minimum Gasteiger partial charge on any atom is -0.373 e. The van der Waals surface area contributed by atoms with Crippen molar-refractivity contribution in [3.05, 3.63) is 75.5 Å². The number of carbonyl (C=O) groups excluding carboxylic acids is 1. The summed E-state index contributed by atoms with van der Waals surface area (Å²) in [7, 11) is 1.68. The Bertz CT molecular complexity index is 1150. The van der Waals surface area contributed by atoms with Crippen LogP contribution in [-0.4, -0.2) is 26.9 Å². The highest BCUT2D eigenvalue weighted by atomic mass is 16.5. The minimum absolute atomic E-state index is 0.202. The van der Waals surface area contributed by atoms with Gasteiger partial charge in [-0.3, -0.25) is 9.59 Å². The third-order valence-electron chi connectivity index (χ3n) is 5.64. The van der Waals surface area contributed by atoms with Crippen LogP contribution in [-0.2, 0) is 16.6 Å². The number of aromatic nitrogens is 3. The molecule has 0 radical (unpaired) electrons. The predicted octanol–water partition coefficient (Wildman–Crippen LogP) is 3.21. The van der Waals surface area contributed by atoms with Crippen LogP contribution in [0.1, 0.15) is 35.0 Å². The normalized spacial score (nSPS) is 18.5. The van der Waals surface area contributed by atoms with Gasteiger partial charge >= 0.3 is 0 Å². The highest BCUT2D eigenvalue weighted by Gasteiger charge is 2.38. The van der Waals surface area contributed by atoms with Crippen LogP contribution in [0, 0.1) is 26.7 Å². The first-order valence-electron chi connectivity index (χ1n) is 10.1. The predicted molar refractivity (Wildman–Crippen MR) is 115 cm³/mol. The molecule has 2 aromatic heterocycles. The number of benzene rings is 1. The molecule has 0 aliphatic carbocycles. The minimum atomic E-state index is -0.392. The van der Waals surface area contributed by atoms with Crippen LogP contribution in [0.5, 0.6) is 0 Å². The van der Waals surface area contributed by atoms with E-state index in [1.165, 1.54) is 4.57 Å². The molecule has 30 heavy (non-hydrogen) atoms. The average molecular weight is 406 g/mol. The summed E-state index contributed by atoms with van der Waals surface area (Å²) in [5.74, 6) is -0.590. The van der Waals surface area contributed by atoms with E-state index in [0.29, 0.717) is 18.7 Å². The summed E-state index contributed by atoms with van der Waals surface area (Å²) in [6.07, 6.45) is 1.94. The van der Waals surface area contributed by atoms with E-state index in [9.17, 15) is 9.59 Å². The molecule has 4 rings (SSSR count). The maximum absolute atomic E-state index is 13.1. The Morgan fingerprint density at radius 1 is 1.20 bits per heavy atom. The molecule has 156 valence electrons. The number of hydrogen-bond donors (Lipinski definition) is 1. The van der Waals surface area contributed by atoms with Gasteiger partial charge in [0.2, 0.25) is 5.91 Å². The quantitative estimate of drug-likeness (QED) is 0.722. The van der Waals surface area contributed by atoms with Crippen molar-refractivity contribution in [1.82, 2.24) is 14.3 Å². The number of aryl methyl sites for hydroxylation is 3. The van der Waals surface area contributed by atoms with Gasteiger partial charge in [0, 0.05) is 31.1 Å². The molecule has 7 heteroatoms. The van der Waals surface area contributed by atoms with Gasteiger partial charge in [-0.15, -0.1) is 0 Å². The second-order valence-corrected chi connectivity index (χ2v) is 7.85. The Hall–Kier alpha value is -3.19. The lowest BCUT2D eigenvalue weighted by atomic mass is 9.93. The Balaban J connectivity index is 1.64. The molecular weight excluding hydrogens is 380 g/mol. The summed E-state index contributed by atoms with van der Waals surface area (Å²) in [5.41, 5.74) is 4.67. The molecule has 2 atom stereocenters. The van der Waals surface area contributed by atoms with E-state index < -0.39 is 6.10 Å². The lowest BCUT2D eigenvalue weighted by Gasteiger charge is -2.19. The monoisotopic (exact) mass is 406 g/mol. The number of ether oxygens (including phenoxy) is 1. The number of anilines is 1. The van der Waals surface area contributed by atoms with Crippen LogP contribution in [0.15, 0.2) is 47.4 Å². The van der Waals surface area contributed by atoms with Gasteiger partial charge < -0.3 is 14.6 Å². The van der Waals surface area contributed by atoms with Crippen molar-refractivity contribution in [3.8, 4) is 5.69 Å². The Labute approximate surface area is 175 Å². The van der Waals surface area contributed by atoms with Crippen molar-refractivity contribution in [2.45, 2.75) is 33.3 Å². The van der Waals surface area contributed by atoms with Crippen molar-refractivity contribution in [2.75, 3.05) is 11.9 Å². The van der Waals surface area contributed by atoms with Crippen LogP contribution in [0.3, 0.4) is 0 Å². The number of hydrogen-bond acceptors (Lipinski definition) is 4. The highest BCUT2D eigenvalue weighted by Crippen LogP contribution is 2.38. The van der Waals surface area contributed by atoms with Crippen LogP contribution in [0.25, 0.3) is 5.69 Å². The van der Waals surface area contributed by atoms with Crippen molar-refractivity contribution in [3.63, 3.8) is 0 Å². The molecule has 7 nitrogen and oxygen atoms in total. The zero-order valence-electron chi connectivity index (χ0n) is 17.7. The smallest absolute Gasteiger partial charge is 0.274 e. The molecule has 0 unspecified atom stereocenters. The van der Waals surface area contributed by atoms with Gasteiger partial charge in [0.25, 0.3) is 5.56 Å². The molecule has 3 aromatic rings. The van der Waals surface area contributed by atoms with E-state index in [-0.39, 0.29) is 17.4 Å². The molecule has 3 heterocycles. The van der Waals surface area contributed by atoms with Crippen LogP contribution in [0.4, 0.5) is 5.69 Å². The van der Waals surface area contributed by atoms with Crippen molar-refractivity contribution < 1.29 is 9.53 Å². The van der Waals surface area contributed by atoms with Gasteiger partial charge in [0.05, 0.1) is 23.4 Å². The molecule has 1 saturated heterocycles. The summed E-state index contributed by atoms with van der Waals surface area (Å²) in [4.78, 5) is 25.5. The van der Waals surface area contributed by atoms with Gasteiger partial charge in [-0.1, -0.05) is 18.2 Å². The second kappa shape index (κ2) is 7.91. The van der Waals surface area contributed by atoms with Crippen LogP contribution >= 0.6 is 0 Å². The summed E-state index contributed by atoms with van der Waals surface area (Å²) >= 11 is 0. The zero-order chi connectivity index (χ0) is 21.4. The SMILES string of the molecule is Cc1cc(NC(=O)[C@H]2CCO[C@@H]2c2c(C)nn(-c3ccccc3)c2C)c(=O)n(C)c1. The van der Waals surface area contributed by atoms with Gasteiger partial charge in [0.1, 0.15) is 5.69 Å². The zero-order valence-corrected chi connectivity index (χ0v) is 17.7. The Morgan fingerprint density at radius 3 is 2.67 bits per heavy atom. The first-order chi connectivity index (χ1) is 14.4. The maximum Gasteiger partial charge on any atom is 0.274 e. The van der Waals surface area contributed by atoms with Crippen molar-refractivity contribution in [1.29, 1.82) is 0 Å². The first-order valence-corrected chi connectivity index (χ1v) is 10.1. The second-order valence-electron chi connectivity index (χ2n) is 7.85. The number of pyridine rings is 1. The van der Waals surface area contributed by atoms with E-state index >= 15 is 0 Å². The topological polar surface area (TPSA) is 78.2 Å². The third-order valence-corrected chi connectivity index (χ3v) is 5.64. The van der Waals surface area contributed by atoms with Gasteiger partial charge in [-0.05, 0) is 51.0 Å². The fraction of sp³-hybridized carbons (Fsp3) is 0.348. The molecular formula is C23H26N4O3. The fourth-order valence-electron chi connectivity index (χ4n) is 4.23. The van der Waals surface area contributed by atoms with Gasteiger partial charge in [-0.25, -0.2) is 4.68 Å². The highest BCUT2D eigenvalue weighted by molar-refractivity contribution is 5.93. The molecule has 0 spiro atoms. The molecule has 1 aromatic carbocycles. The molecule has 1 aliphatic rings. The largest absolute Gasteiger partial charge is 0.373 e. The van der Waals surface area contributed by atoms with E-state index in [2.05, 4.69) is 5.32 Å². The molecule has 1 aliphatic heterocycles. The molecule has 0 saturated carbocycles. The number of rotatable bonds is 4. The fourth-order valence-corrected chi connectivity index (χ4v) is 4.23. The van der Waals surface area contributed by atoms with Crippen LogP contribution in [0.2, 0.25) is 0 Å². The van der Waals surface area contributed by atoms with E-state index in [0.717, 1.165) is 28.2 Å². The van der Waals surface area contributed by atoms with Gasteiger partial charge in [0.15, 0.2) is 0 Å². The average Bonchev–Trinajstić information content (AvgIpc) is 3.30. The van der Waals surface area contributed by atoms with E-state index in [1.807, 2.05) is 55.8 Å². The van der Waals surface area contributed by atoms with Gasteiger partial charge in [-0.2, -0.15) is 5.10 Å². The maximum atomic E-state index is 13.1. The summed E-state index contributed by atoms with van der Waals surface area (Å²) < 4.78 is 9.37. The summed E-state index contributed by atoms with van der Waals surface area (Å²) in [6, 6.07) is 11.6. The van der Waals surface area contributed by atoms with E-state index in [1.54, 1.807) is 19.3 Å². The lowest BCUT2D eigenvalue weighted by molar-refractivity contribution is -0.121. The number of amides is 1. The standard InChI is InChI=1S/C23H26N4O3/c1-14-12-19(23(29)26(4)13-14)24-22(28)18-10-11-30-21(18)20-15(2)25-27(16(20)3)17-8-6-5-7-9-17/h5-9,12-13,18,21H,10-11H2,1-4H3,(H,24,28)/t18-,21-/m0/s1. The van der Waals surface area contributed by atoms with Crippen LogP contribution < -0.4 is 10.9 Å². The number of nitrogens with zero attached hydrogens (tertiary/aromatic N) is 3. The molecule has 1 N–H and O–H groups in total. The molecule has 0 bridgehead atoms. The lowest BCUT2D eigenvalue weighted by Crippen LogP contribution is -2.30.